The van der Waals surface area contributed by atoms with E-state index in [2.05, 4.69) is 4.74 Å². The number of para-hydroxylation sites is 1. The molecule has 0 spiro atoms. The zero-order valence-corrected chi connectivity index (χ0v) is 10.6. The molecule has 0 radical (unpaired) electrons. The van der Waals surface area contributed by atoms with Crippen molar-refractivity contribution in [2.24, 2.45) is 0 Å². The van der Waals surface area contributed by atoms with Crippen molar-refractivity contribution in [3.63, 3.8) is 0 Å². The topological polar surface area (TPSA) is 99.5 Å². The molecule has 96 valence electrons. The fourth-order valence-corrected chi connectivity index (χ4v) is 2.04. The molecule has 0 aliphatic carbocycles. The van der Waals surface area contributed by atoms with Gasteiger partial charge in [-0.15, -0.1) is 0 Å². The van der Waals surface area contributed by atoms with Crippen LogP contribution in [-0.4, -0.2) is 28.7 Å². The van der Waals surface area contributed by atoms with E-state index in [1.807, 2.05) is 6.07 Å². The van der Waals surface area contributed by atoms with E-state index in [1.165, 1.54) is 19.2 Å². The van der Waals surface area contributed by atoms with Crippen LogP contribution >= 0.6 is 0 Å². The third kappa shape index (κ3) is 2.89. The second kappa shape index (κ2) is 5.37. The monoisotopic (exact) mass is 269 g/mol. The van der Waals surface area contributed by atoms with Crippen LogP contribution in [0.4, 0.5) is 10.5 Å². The fraction of sp³-hybridized carbons (Fsp3) is 0.200. The summed E-state index contributed by atoms with van der Waals surface area (Å²) in [5.41, 5.74) is 0.339. The minimum Gasteiger partial charge on any atom is -0.452 e. The van der Waals surface area contributed by atoms with Crippen LogP contribution in [0.25, 0.3) is 0 Å². The summed E-state index contributed by atoms with van der Waals surface area (Å²) < 4.78 is 30.2. The molecule has 0 saturated carbocycles. The van der Waals surface area contributed by atoms with Crippen molar-refractivity contribution in [1.29, 1.82) is 5.26 Å². The van der Waals surface area contributed by atoms with Crippen molar-refractivity contribution in [2.75, 3.05) is 18.5 Å². The number of rotatable bonds is 3. The minimum absolute atomic E-state index is 0.163. The zero-order chi connectivity index (χ0) is 13.8. The van der Waals surface area contributed by atoms with E-state index in [9.17, 15) is 13.2 Å². The molecule has 0 aliphatic heterocycles. The van der Waals surface area contributed by atoms with Crippen molar-refractivity contribution in [3.05, 3.63) is 29.8 Å². The number of hydrogen-bond acceptors (Lipinski definition) is 5. The SMILES string of the molecule is COC(=O)NS(=O)(=O)N(C)c1ccccc1C#N. The molecule has 0 aliphatic rings. The van der Waals surface area contributed by atoms with Gasteiger partial charge in [0.15, 0.2) is 0 Å². The Labute approximate surface area is 105 Å². The predicted molar refractivity (Wildman–Crippen MR) is 64.0 cm³/mol. The van der Waals surface area contributed by atoms with Crippen LogP contribution in [0.3, 0.4) is 0 Å². The Bertz CT molecular complexity index is 591. The molecule has 1 rings (SSSR count). The standard InChI is InChI=1S/C10H11N3O4S/c1-13(18(15,16)12-10(14)17-2)9-6-4-3-5-8(9)7-11/h3-6H,1-2H3,(H,12,14). The van der Waals surface area contributed by atoms with E-state index in [0.29, 0.717) is 0 Å². The Morgan fingerprint density at radius 1 is 1.44 bits per heavy atom. The van der Waals surface area contributed by atoms with Crippen molar-refractivity contribution in [1.82, 2.24) is 4.72 Å². The molecule has 0 aromatic heterocycles. The van der Waals surface area contributed by atoms with Crippen molar-refractivity contribution in [3.8, 4) is 6.07 Å². The third-order valence-corrected chi connectivity index (χ3v) is 3.46. The van der Waals surface area contributed by atoms with E-state index < -0.39 is 16.3 Å². The highest BCUT2D eigenvalue weighted by atomic mass is 32.2. The Morgan fingerprint density at radius 3 is 2.61 bits per heavy atom. The molecule has 18 heavy (non-hydrogen) atoms. The quantitative estimate of drug-likeness (QED) is 0.865. The van der Waals surface area contributed by atoms with Gasteiger partial charge in [0.1, 0.15) is 6.07 Å². The smallest absolute Gasteiger partial charge is 0.422 e. The van der Waals surface area contributed by atoms with E-state index in [-0.39, 0.29) is 11.3 Å². The summed E-state index contributed by atoms with van der Waals surface area (Å²) in [6.07, 6.45) is -1.10. The van der Waals surface area contributed by atoms with Gasteiger partial charge in [-0.05, 0) is 12.1 Å². The lowest BCUT2D eigenvalue weighted by Gasteiger charge is -2.19. The number of amides is 1. The van der Waals surface area contributed by atoms with Gasteiger partial charge in [0, 0.05) is 7.05 Å². The zero-order valence-electron chi connectivity index (χ0n) is 9.75. The Hall–Kier alpha value is -2.27. The van der Waals surface area contributed by atoms with E-state index in [0.717, 1.165) is 11.4 Å². The van der Waals surface area contributed by atoms with Crippen LogP contribution < -0.4 is 9.03 Å². The number of carbonyl (C=O) groups excluding carboxylic acids is 1. The molecule has 0 bridgehead atoms. The first-order valence-electron chi connectivity index (χ1n) is 4.76. The number of anilines is 1. The first kappa shape index (κ1) is 13.8. The molecule has 0 saturated heterocycles. The van der Waals surface area contributed by atoms with Crippen LogP contribution in [0.2, 0.25) is 0 Å². The Morgan fingerprint density at radius 2 is 2.06 bits per heavy atom. The number of nitriles is 1. The largest absolute Gasteiger partial charge is 0.452 e. The first-order chi connectivity index (χ1) is 8.42. The summed E-state index contributed by atoms with van der Waals surface area (Å²) in [5.74, 6) is 0. The number of benzene rings is 1. The predicted octanol–water partition coefficient (Wildman–Crippen LogP) is 0.595. The van der Waals surface area contributed by atoms with Crippen LogP contribution in [0.1, 0.15) is 5.56 Å². The summed E-state index contributed by atoms with van der Waals surface area (Å²) in [7, 11) is -1.83. The van der Waals surface area contributed by atoms with Crippen LogP contribution in [0, 0.1) is 11.3 Å². The van der Waals surface area contributed by atoms with Gasteiger partial charge in [-0.25, -0.2) is 9.52 Å². The average molecular weight is 269 g/mol. The molecule has 1 aromatic rings. The lowest BCUT2D eigenvalue weighted by Crippen LogP contribution is -2.41. The van der Waals surface area contributed by atoms with Gasteiger partial charge in [0.05, 0.1) is 18.4 Å². The number of hydrogen-bond donors (Lipinski definition) is 1. The van der Waals surface area contributed by atoms with Gasteiger partial charge in [-0.2, -0.15) is 13.7 Å². The minimum atomic E-state index is -4.10. The molecule has 8 heteroatoms. The highest BCUT2D eigenvalue weighted by Gasteiger charge is 2.23. The Kier molecular flexibility index (Phi) is 4.12. The van der Waals surface area contributed by atoms with E-state index in [4.69, 9.17) is 5.26 Å². The lowest BCUT2D eigenvalue weighted by atomic mass is 10.2. The number of nitrogens with zero attached hydrogens (tertiary/aromatic N) is 2. The maximum absolute atomic E-state index is 11.8. The lowest BCUT2D eigenvalue weighted by molar-refractivity contribution is 0.177. The Balaban J connectivity index is 3.11. The molecule has 0 heterocycles. The molecule has 1 amide bonds. The van der Waals surface area contributed by atoms with Gasteiger partial charge < -0.3 is 4.74 Å². The molecule has 0 atom stereocenters. The van der Waals surface area contributed by atoms with Gasteiger partial charge in [0.25, 0.3) is 0 Å². The highest BCUT2D eigenvalue weighted by Crippen LogP contribution is 2.20. The fourth-order valence-electron chi connectivity index (χ4n) is 1.19. The van der Waals surface area contributed by atoms with Crippen LogP contribution in [0.5, 0.6) is 0 Å². The molecule has 1 N–H and O–H groups in total. The number of nitrogens with one attached hydrogen (secondary N) is 1. The number of methoxy groups -OCH3 is 1. The molecule has 7 nitrogen and oxygen atoms in total. The third-order valence-electron chi connectivity index (χ3n) is 2.12. The summed E-state index contributed by atoms with van der Waals surface area (Å²) >= 11 is 0. The second-order valence-electron chi connectivity index (χ2n) is 3.20. The molecular weight excluding hydrogens is 258 g/mol. The molecule has 0 unspecified atom stereocenters. The van der Waals surface area contributed by atoms with Crippen molar-refractivity contribution in [2.45, 2.75) is 0 Å². The van der Waals surface area contributed by atoms with Gasteiger partial charge in [-0.1, -0.05) is 12.1 Å². The van der Waals surface area contributed by atoms with Crippen LogP contribution in [0.15, 0.2) is 24.3 Å². The van der Waals surface area contributed by atoms with Gasteiger partial charge in [0.2, 0.25) is 0 Å². The summed E-state index contributed by atoms with van der Waals surface area (Å²) in [6.45, 7) is 0. The van der Waals surface area contributed by atoms with Gasteiger partial charge in [-0.3, -0.25) is 4.31 Å². The highest BCUT2D eigenvalue weighted by molar-refractivity contribution is 7.91. The molecule has 0 fully saturated rings. The summed E-state index contributed by atoms with van der Waals surface area (Å²) in [5, 5.41) is 8.88. The molecular formula is C10H11N3O4S. The average Bonchev–Trinajstić information content (AvgIpc) is 2.37. The maximum atomic E-state index is 11.8. The normalized spacial score (nSPS) is 10.3. The first-order valence-corrected chi connectivity index (χ1v) is 6.20. The van der Waals surface area contributed by atoms with E-state index >= 15 is 0 Å². The molecule has 1 aromatic carbocycles. The summed E-state index contributed by atoms with van der Waals surface area (Å²) in [4.78, 5) is 10.9. The van der Waals surface area contributed by atoms with E-state index in [1.54, 1.807) is 16.9 Å². The number of carbonyl (C=O) groups is 1. The maximum Gasteiger partial charge on any atom is 0.422 e. The second-order valence-corrected chi connectivity index (χ2v) is 4.90. The van der Waals surface area contributed by atoms with Gasteiger partial charge >= 0.3 is 16.3 Å². The van der Waals surface area contributed by atoms with Crippen molar-refractivity contribution < 1.29 is 17.9 Å². The van der Waals surface area contributed by atoms with Crippen molar-refractivity contribution >= 4 is 22.0 Å². The number of ether oxygens (including phenoxy) is 1. The van der Waals surface area contributed by atoms with Crippen LogP contribution in [-0.2, 0) is 14.9 Å². The summed E-state index contributed by atoms with van der Waals surface area (Å²) in [6, 6.07) is 7.98.